The van der Waals surface area contributed by atoms with Crippen LogP contribution in [0.3, 0.4) is 0 Å². The maximum atomic E-state index is 5.33. The zero-order valence-corrected chi connectivity index (χ0v) is 9.87. The number of nitrogens with zero attached hydrogens (tertiary/aromatic N) is 1. The van der Waals surface area contributed by atoms with E-state index in [2.05, 4.69) is 15.3 Å². The molecule has 0 atom stereocenters. The van der Waals surface area contributed by atoms with E-state index < -0.39 is 0 Å². The van der Waals surface area contributed by atoms with Crippen LogP contribution in [0.15, 0.2) is 24.3 Å². The van der Waals surface area contributed by atoms with Gasteiger partial charge in [-0.3, -0.25) is 0 Å². The van der Waals surface area contributed by atoms with E-state index in [9.17, 15) is 0 Å². The molecule has 0 radical (unpaired) electrons. The lowest BCUT2D eigenvalue weighted by Crippen LogP contribution is -2.32. The lowest BCUT2D eigenvalue weighted by Gasteiger charge is -2.22. The van der Waals surface area contributed by atoms with Crippen LogP contribution in [0.25, 0.3) is 11.0 Å². The van der Waals surface area contributed by atoms with Crippen molar-refractivity contribution >= 4 is 17.0 Å². The smallest absolute Gasteiger partial charge is 0.201 e. The van der Waals surface area contributed by atoms with Crippen LogP contribution in [-0.4, -0.2) is 29.2 Å². The summed E-state index contributed by atoms with van der Waals surface area (Å²) in [7, 11) is 1.71. The molecule has 2 aromatic rings. The maximum absolute atomic E-state index is 5.33. The Morgan fingerprint density at radius 3 is 2.81 bits per heavy atom. The van der Waals surface area contributed by atoms with Gasteiger partial charge >= 0.3 is 0 Å². The van der Waals surface area contributed by atoms with Crippen LogP contribution in [-0.2, 0) is 4.74 Å². The van der Waals surface area contributed by atoms with Crippen LogP contribution in [0.4, 0.5) is 5.95 Å². The molecule has 0 amide bonds. The van der Waals surface area contributed by atoms with Gasteiger partial charge in [0.15, 0.2) is 0 Å². The van der Waals surface area contributed by atoms with Crippen LogP contribution in [0.5, 0.6) is 0 Å². The minimum atomic E-state index is -0.195. The highest BCUT2D eigenvalue weighted by molar-refractivity contribution is 5.77. The van der Waals surface area contributed by atoms with E-state index in [1.807, 2.05) is 38.1 Å². The van der Waals surface area contributed by atoms with Crippen molar-refractivity contribution in [2.75, 3.05) is 19.0 Å². The van der Waals surface area contributed by atoms with Crippen molar-refractivity contribution in [3.05, 3.63) is 24.3 Å². The molecule has 0 fully saturated rings. The predicted octanol–water partition coefficient (Wildman–Crippen LogP) is 2.40. The van der Waals surface area contributed by atoms with E-state index in [4.69, 9.17) is 4.74 Å². The van der Waals surface area contributed by atoms with Gasteiger partial charge in [-0.1, -0.05) is 12.1 Å². The number of nitrogens with one attached hydrogen (secondary N) is 2. The van der Waals surface area contributed by atoms with Crippen LogP contribution in [0.1, 0.15) is 13.8 Å². The van der Waals surface area contributed by atoms with Crippen molar-refractivity contribution in [2.45, 2.75) is 19.4 Å². The highest BCUT2D eigenvalue weighted by atomic mass is 16.5. The van der Waals surface area contributed by atoms with Gasteiger partial charge in [-0.05, 0) is 26.0 Å². The van der Waals surface area contributed by atoms with E-state index >= 15 is 0 Å². The summed E-state index contributed by atoms with van der Waals surface area (Å²) in [6.07, 6.45) is 0. The molecule has 16 heavy (non-hydrogen) atoms. The number of para-hydroxylation sites is 2. The number of anilines is 1. The molecule has 0 aliphatic carbocycles. The van der Waals surface area contributed by atoms with Gasteiger partial charge in [0.1, 0.15) is 0 Å². The molecule has 2 N–H and O–H groups in total. The topological polar surface area (TPSA) is 49.9 Å². The van der Waals surface area contributed by atoms with Gasteiger partial charge in [-0.2, -0.15) is 0 Å². The second-order valence-electron chi connectivity index (χ2n) is 4.42. The molecule has 0 unspecified atom stereocenters. The lowest BCUT2D eigenvalue weighted by atomic mass is 10.1. The molecule has 1 aromatic heterocycles. The summed E-state index contributed by atoms with van der Waals surface area (Å²) in [5.74, 6) is 0.784. The molecule has 0 saturated carbocycles. The Morgan fingerprint density at radius 1 is 1.38 bits per heavy atom. The minimum Gasteiger partial charge on any atom is -0.377 e. The van der Waals surface area contributed by atoms with E-state index in [0.717, 1.165) is 17.0 Å². The van der Waals surface area contributed by atoms with Crippen molar-refractivity contribution in [1.29, 1.82) is 0 Å². The van der Waals surface area contributed by atoms with Gasteiger partial charge in [0.05, 0.1) is 16.6 Å². The monoisotopic (exact) mass is 219 g/mol. The largest absolute Gasteiger partial charge is 0.377 e. The normalized spacial score (nSPS) is 11.9. The number of aromatic nitrogens is 2. The second kappa shape index (κ2) is 4.14. The zero-order chi connectivity index (χ0) is 11.6. The van der Waals surface area contributed by atoms with Gasteiger partial charge in [0, 0.05) is 13.7 Å². The summed E-state index contributed by atoms with van der Waals surface area (Å²) < 4.78 is 5.33. The van der Waals surface area contributed by atoms with Crippen LogP contribution in [0.2, 0.25) is 0 Å². The molecule has 86 valence electrons. The van der Waals surface area contributed by atoms with Gasteiger partial charge in [-0.25, -0.2) is 4.98 Å². The number of ether oxygens (including phenoxy) is 1. The number of hydrogen-bond donors (Lipinski definition) is 2. The predicted molar refractivity (Wildman–Crippen MR) is 65.7 cm³/mol. The van der Waals surface area contributed by atoms with E-state index in [1.165, 1.54) is 0 Å². The fraction of sp³-hybridized carbons (Fsp3) is 0.417. The third kappa shape index (κ3) is 2.33. The first-order valence-electron chi connectivity index (χ1n) is 5.34. The van der Waals surface area contributed by atoms with Crippen molar-refractivity contribution in [3.8, 4) is 0 Å². The molecule has 0 aliphatic heterocycles. The fourth-order valence-electron chi connectivity index (χ4n) is 1.41. The molecule has 0 bridgehead atoms. The molecule has 0 aliphatic rings. The molecular formula is C12H17N3O. The number of hydrogen-bond acceptors (Lipinski definition) is 3. The molecule has 2 rings (SSSR count). The van der Waals surface area contributed by atoms with Gasteiger partial charge < -0.3 is 15.0 Å². The molecule has 0 saturated heterocycles. The van der Waals surface area contributed by atoms with Crippen molar-refractivity contribution in [1.82, 2.24) is 9.97 Å². The number of rotatable bonds is 4. The molecule has 0 spiro atoms. The van der Waals surface area contributed by atoms with Crippen LogP contribution >= 0.6 is 0 Å². The number of H-pyrrole nitrogens is 1. The molecular weight excluding hydrogens is 202 g/mol. The number of aromatic amines is 1. The molecule has 4 heteroatoms. The van der Waals surface area contributed by atoms with Gasteiger partial charge in [-0.15, -0.1) is 0 Å². The first-order chi connectivity index (χ1) is 7.61. The number of benzene rings is 1. The summed E-state index contributed by atoms with van der Waals surface area (Å²) in [6, 6.07) is 7.96. The SMILES string of the molecule is COC(C)(C)CNc1nc2ccccc2[nH]1. The maximum Gasteiger partial charge on any atom is 0.201 e. The average molecular weight is 219 g/mol. The number of imidazole rings is 1. The third-order valence-electron chi connectivity index (χ3n) is 2.62. The Labute approximate surface area is 95.0 Å². The van der Waals surface area contributed by atoms with Crippen molar-refractivity contribution in [3.63, 3.8) is 0 Å². The third-order valence-corrected chi connectivity index (χ3v) is 2.62. The van der Waals surface area contributed by atoms with Crippen LogP contribution in [0, 0.1) is 0 Å². The van der Waals surface area contributed by atoms with Crippen molar-refractivity contribution in [2.24, 2.45) is 0 Å². The van der Waals surface area contributed by atoms with Crippen LogP contribution < -0.4 is 5.32 Å². The fourth-order valence-corrected chi connectivity index (χ4v) is 1.41. The summed E-state index contributed by atoms with van der Waals surface area (Å²) in [5.41, 5.74) is 1.82. The first-order valence-corrected chi connectivity index (χ1v) is 5.34. The van der Waals surface area contributed by atoms with Crippen molar-refractivity contribution < 1.29 is 4.74 Å². The van der Waals surface area contributed by atoms with Gasteiger partial charge in [0.25, 0.3) is 0 Å². The summed E-state index contributed by atoms with van der Waals surface area (Å²) >= 11 is 0. The van der Waals surface area contributed by atoms with E-state index in [0.29, 0.717) is 6.54 Å². The van der Waals surface area contributed by atoms with Gasteiger partial charge in [0.2, 0.25) is 5.95 Å². The minimum absolute atomic E-state index is 0.195. The Balaban J connectivity index is 2.10. The molecule has 4 nitrogen and oxygen atoms in total. The highest BCUT2D eigenvalue weighted by Gasteiger charge is 2.16. The second-order valence-corrected chi connectivity index (χ2v) is 4.42. The zero-order valence-electron chi connectivity index (χ0n) is 9.87. The average Bonchev–Trinajstić information content (AvgIpc) is 2.69. The summed E-state index contributed by atoms with van der Waals surface area (Å²) in [4.78, 5) is 7.64. The first kappa shape index (κ1) is 11.0. The van der Waals surface area contributed by atoms with E-state index in [-0.39, 0.29) is 5.60 Å². The van der Waals surface area contributed by atoms with E-state index in [1.54, 1.807) is 7.11 Å². The quantitative estimate of drug-likeness (QED) is 0.830. The standard InChI is InChI=1S/C12H17N3O/c1-12(2,16-3)8-13-11-14-9-6-4-5-7-10(9)15-11/h4-7H,8H2,1-3H3,(H2,13,14,15). The Kier molecular flexibility index (Phi) is 2.83. The number of fused-ring (bicyclic) bond motifs is 1. The summed E-state index contributed by atoms with van der Waals surface area (Å²) in [5, 5.41) is 3.23. The summed E-state index contributed by atoms with van der Waals surface area (Å²) in [6.45, 7) is 4.77. The lowest BCUT2D eigenvalue weighted by molar-refractivity contribution is 0.0342. The Morgan fingerprint density at radius 2 is 2.12 bits per heavy atom. The highest BCUT2D eigenvalue weighted by Crippen LogP contribution is 2.14. The number of methoxy groups -OCH3 is 1. The Bertz CT molecular complexity index is 443. The molecule has 1 aromatic carbocycles. The molecule has 1 heterocycles. The Hall–Kier alpha value is -1.55.